The van der Waals surface area contributed by atoms with Gasteiger partial charge in [-0.1, -0.05) is 25.1 Å². The Bertz CT molecular complexity index is 326. The van der Waals surface area contributed by atoms with Crippen molar-refractivity contribution in [3.8, 4) is 5.75 Å². The van der Waals surface area contributed by atoms with Crippen LogP contribution in [0.3, 0.4) is 0 Å². The molecule has 0 amide bonds. The molecule has 0 aliphatic carbocycles. The van der Waals surface area contributed by atoms with Gasteiger partial charge in [0.05, 0.1) is 0 Å². The fourth-order valence-corrected chi connectivity index (χ4v) is 1.66. The molecule has 0 fully saturated rings. The smallest absolute Gasteiger partial charge is 0.122 e. The number of methoxy groups -OCH3 is 1. The lowest BCUT2D eigenvalue weighted by Gasteiger charge is -2.12. The van der Waals surface area contributed by atoms with Crippen molar-refractivity contribution in [2.45, 2.75) is 20.4 Å². The minimum Gasteiger partial charge on any atom is -0.507 e. The number of aromatic hydroxyl groups is 1. The van der Waals surface area contributed by atoms with Crippen LogP contribution in [-0.4, -0.2) is 25.4 Å². The Balaban J connectivity index is 2.40. The highest BCUT2D eigenvalue weighted by molar-refractivity contribution is 5.39. The van der Waals surface area contributed by atoms with Gasteiger partial charge in [0.25, 0.3) is 0 Å². The molecule has 1 atom stereocenters. The highest BCUT2D eigenvalue weighted by atomic mass is 16.5. The molecule has 0 radical (unpaired) electrons. The second kappa shape index (κ2) is 6.51. The van der Waals surface area contributed by atoms with Crippen molar-refractivity contribution in [3.63, 3.8) is 0 Å². The molecule has 3 nitrogen and oxygen atoms in total. The van der Waals surface area contributed by atoms with Crippen LogP contribution in [0.1, 0.15) is 18.1 Å². The summed E-state index contributed by atoms with van der Waals surface area (Å²) in [6, 6.07) is 5.81. The van der Waals surface area contributed by atoms with Crippen molar-refractivity contribution in [2.24, 2.45) is 5.92 Å². The maximum Gasteiger partial charge on any atom is 0.122 e. The maximum atomic E-state index is 9.80. The monoisotopic (exact) mass is 223 g/mol. The van der Waals surface area contributed by atoms with E-state index in [9.17, 15) is 5.11 Å². The van der Waals surface area contributed by atoms with Gasteiger partial charge in [-0.25, -0.2) is 0 Å². The van der Waals surface area contributed by atoms with Crippen molar-refractivity contribution in [1.82, 2.24) is 5.32 Å². The SMILES string of the molecule is COCC(C)CNCc1cccc(C)c1O. The van der Waals surface area contributed by atoms with Crippen molar-refractivity contribution in [3.05, 3.63) is 29.3 Å². The molecule has 3 heteroatoms. The summed E-state index contributed by atoms with van der Waals surface area (Å²) in [6.45, 7) is 6.38. The topological polar surface area (TPSA) is 41.5 Å². The lowest BCUT2D eigenvalue weighted by Crippen LogP contribution is -2.23. The molecule has 90 valence electrons. The van der Waals surface area contributed by atoms with E-state index in [1.165, 1.54) is 0 Å². The number of rotatable bonds is 6. The minimum absolute atomic E-state index is 0.398. The van der Waals surface area contributed by atoms with Crippen molar-refractivity contribution in [2.75, 3.05) is 20.3 Å². The number of para-hydroxylation sites is 1. The summed E-state index contributed by atoms with van der Waals surface area (Å²) in [5.74, 6) is 0.881. The van der Waals surface area contributed by atoms with Gasteiger partial charge in [-0.2, -0.15) is 0 Å². The average molecular weight is 223 g/mol. The molecule has 1 aromatic rings. The largest absolute Gasteiger partial charge is 0.507 e. The van der Waals surface area contributed by atoms with E-state index in [1.807, 2.05) is 25.1 Å². The van der Waals surface area contributed by atoms with Crippen molar-refractivity contribution >= 4 is 0 Å². The van der Waals surface area contributed by atoms with Crippen LogP contribution in [0.15, 0.2) is 18.2 Å². The van der Waals surface area contributed by atoms with Crippen LogP contribution in [0.5, 0.6) is 5.75 Å². The molecule has 2 N–H and O–H groups in total. The third-order valence-corrected chi connectivity index (χ3v) is 2.58. The third-order valence-electron chi connectivity index (χ3n) is 2.58. The Morgan fingerprint density at radius 1 is 1.44 bits per heavy atom. The molecule has 1 unspecified atom stereocenters. The molecule has 0 bridgehead atoms. The standard InChI is InChI=1S/C13H21NO2/c1-10(9-16-3)7-14-8-12-6-4-5-11(2)13(12)15/h4-6,10,14-15H,7-9H2,1-3H3. The summed E-state index contributed by atoms with van der Waals surface area (Å²) in [6.07, 6.45) is 0. The molecule has 0 heterocycles. The molecule has 0 aromatic heterocycles. The number of phenolic OH excluding ortho intramolecular Hbond substituents is 1. The summed E-state index contributed by atoms with van der Waals surface area (Å²) >= 11 is 0. The van der Waals surface area contributed by atoms with Crippen LogP contribution in [0.4, 0.5) is 0 Å². The molecular weight excluding hydrogens is 202 g/mol. The second-order valence-electron chi connectivity index (χ2n) is 4.27. The Hall–Kier alpha value is -1.06. The lowest BCUT2D eigenvalue weighted by molar-refractivity contribution is 0.158. The number of hydrogen-bond acceptors (Lipinski definition) is 3. The van der Waals surface area contributed by atoms with E-state index in [4.69, 9.17) is 4.74 Å². The first-order valence-corrected chi connectivity index (χ1v) is 5.62. The fourth-order valence-electron chi connectivity index (χ4n) is 1.66. The molecule has 1 rings (SSSR count). The number of hydrogen-bond donors (Lipinski definition) is 2. The zero-order chi connectivity index (χ0) is 12.0. The highest BCUT2D eigenvalue weighted by Crippen LogP contribution is 2.20. The predicted molar refractivity (Wildman–Crippen MR) is 65.6 cm³/mol. The second-order valence-corrected chi connectivity index (χ2v) is 4.27. The quantitative estimate of drug-likeness (QED) is 0.775. The van der Waals surface area contributed by atoms with Crippen molar-refractivity contribution < 1.29 is 9.84 Å². The maximum absolute atomic E-state index is 9.80. The van der Waals surface area contributed by atoms with Gasteiger partial charge in [-0.05, 0) is 18.4 Å². The molecular formula is C13H21NO2. The van der Waals surface area contributed by atoms with Crippen molar-refractivity contribution in [1.29, 1.82) is 0 Å². The third kappa shape index (κ3) is 3.83. The normalized spacial score (nSPS) is 12.7. The van der Waals surface area contributed by atoms with E-state index in [1.54, 1.807) is 7.11 Å². The van der Waals surface area contributed by atoms with Gasteiger partial charge in [-0.3, -0.25) is 0 Å². The van der Waals surface area contributed by atoms with E-state index in [2.05, 4.69) is 12.2 Å². The summed E-state index contributed by atoms with van der Waals surface area (Å²) < 4.78 is 5.06. The molecule has 1 aromatic carbocycles. The number of ether oxygens (including phenoxy) is 1. The van der Waals surface area contributed by atoms with Gasteiger partial charge >= 0.3 is 0 Å². The number of aryl methyl sites for hydroxylation is 1. The van der Waals surface area contributed by atoms with E-state index in [0.717, 1.165) is 24.3 Å². The molecule has 0 aliphatic rings. The van der Waals surface area contributed by atoms with E-state index in [-0.39, 0.29) is 0 Å². The van der Waals surface area contributed by atoms with E-state index < -0.39 is 0 Å². The first-order valence-electron chi connectivity index (χ1n) is 5.62. The highest BCUT2D eigenvalue weighted by Gasteiger charge is 2.04. The number of benzene rings is 1. The Kier molecular flexibility index (Phi) is 5.29. The first kappa shape index (κ1) is 13.0. The van der Waals surface area contributed by atoms with Gasteiger partial charge in [0, 0.05) is 32.4 Å². The number of nitrogens with one attached hydrogen (secondary N) is 1. The molecule has 0 spiro atoms. The molecule has 16 heavy (non-hydrogen) atoms. The van der Waals surface area contributed by atoms with Crippen LogP contribution >= 0.6 is 0 Å². The lowest BCUT2D eigenvalue weighted by atomic mass is 10.1. The predicted octanol–water partition coefficient (Wildman–Crippen LogP) is 2.07. The van der Waals surface area contributed by atoms with Crippen LogP contribution in [-0.2, 0) is 11.3 Å². The van der Waals surface area contributed by atoms with Crippen LogP contribution in [0.25, 0.3) is 0 Å². The van der Waals surface area contributed by atoms with Crippen LogP contribution in [0.2, 0.25) is 0 Å². The minimum atomic E-state index is 0.398. The first-order chi connectivity index (χ1) is 7.65. The summed E-state index contributed by atoms with van der Waals surface area (Å²) in [7, 11) is 1.71. The summed E-state index contributed by atoms with van der Waals surface area (Å²) in [4.78, 5) is 0. The number of phenols is 1. The van der Waals surface area contributed by atoms with Gasteiger partial charge < -0.3 is 15.2 Å². The van der Waals surface area contributed by atoms with Gasteiger partial charge in [0.2, 0.25) is 0 Å². The average Bonchev–Trinajstić information content (AvgIpc) is 2.25. The fraction of sp³-hybridized carbons (Fsp3) is 0.538. The van der Waals surface area contributed by atoms with Gasteiger partial charge in [0.15, 0.2) is 0 Å². The van der Waals surface area contributed by atoms with Crippen LogP contribution in [0, 0.1) is 12.8 Å². The Morgan fingerprint density at radius 3 is 2.88 bits per heavy atom. The zero-order valence-corrected chi connectivity index (χ0v) is 10.3. The summed E-state index contributed by atoms with van der Waals surface area (Å²) in [5.41, 5.74) is 1.87. The van der Waals surface area contributed by atoms with Gasteiger partial charge in [-0.15, -0.1) is 0 Å². The van der Waals surface area contributed by atoms with Crippen LogP contribution < -0.4 is 5.32 Å². The van der Waals surface area contributed by atoms with E-state index in [0.29, 0.717) is 18.2 Å². The zero-order valence-electron chi connectivity index (χ0n) is 10.3. The molecule has 0 saturated carbocycles. The Labute approximate surface area is 97.4 Å². The molecule has 0 aliphatic heterocycles. The van der Waals surface area contributed by atoms with Gasteiger partial charge in [0.1, 0.15) is 5.75 Å². The van der Waals surface area contributed by atoms with E-state index >= 15 is 0 Å². The molecule has 0 saturated heterocycles. The summed E-state index contributed by atoms with van der Waals surface area (Å²) in [5, 5.41) is 13.1. The Morgan fingerprint density at radius 2 is 2.19 bits per heavy atom.